The molecule has 0 aliphatic carbocycles. The van der Waals surface area contributed by atoms with Gasteiger partial charge in [0.15, 0.2) is 0 Å². The zero-order valence-corrected chi connectivity index (χ0v) is 24.2. The highest BCUT2D eigenvalue weighted by molar-refractivity contribution is 9.10. The molecule has 2 heterocycles. The van der Waals surface area contributed by atoms with Crippen LogP contribution in [0.25, 0.3) is 11.1 Å². The average molecular weight is 603 g/mol. The van der Waals surface area contributed by atoms with Crippen LogP contribution in [0.5, 0.6) is 0 Å². The maximum absolute atomic E-state index is 6.48. The number of anilines is 3. The average Bonchev–Trinajstić information content (AvgIpc) is 3.29. The Morgan fingerprint density at radius 2 is 1.17 bits per heavy atom. The summed E-state index contributed by atoms with van der Waals surface area (Å²) in [5, 5.41) is 0. The van der Waals surface area contributed by atoms with Crippen LogP contribution in [0.2, 0.25) is 0 Å². The Morgan fingerprint density at radius 1 is 0.639 bits per heavy atom. The van der Waals surface area contributed by atoms with E-state index >= 15 is 0 Å². The first kappa shape index (κ1) is 24.0. The lowest BCUT2D eigenvalue weighted by Gasteiger charge is -2.29. The van der Waals surface area contributed by atoms with Crippen LogP contribution >= 0.6 is 31.9 Å². The molecule has 1 fully saturated rings. The third-order valence-electron chi connectivity index (χ3n) is 7.95. The van der Waals surface area contributed by atoms with Gasteiger partial charge in [0.1, 0.15) is 0 Å². The molecule has 0 aromatic heterocycles. The number of fused-ring (bicyclic) bond motifs is 5. The number of rotatable bonds is 4. The van der Waals surface area contributed by atoms with Gasteiger partial charge in [-0.05, 0) is 129 Å². The van der Waals surface area contributed by atoms with Crippen molar-refractivity contribution in [3.8, 4) is 11.1 Å². The van der Waals surface area contributed by atoms with Gasteiger partial charge in [-0.25, -0.2) is 0 Å². The van der Waals surface area contributed by atoms with Crippen molar-refractivity contribution in [3.63, 3.8) is 0 Å². The van der Waals surface area contributed by atoms with E-state index in [2.05, 4.69) is 143 Å². The fraction of sp³-hybridized carbons (Fsp3) is 0.250. The summed E-state index contributed by atoms with van der Waals surface area (Å²) in [5.74, 6) is 0. The molecule has 4 heteroatoms. The molecule has 2 unspecified atom stereocenters. The first-order valence-electron chi connectivity index (χ1n) is 12.4. The Bertz CT molecular complexity index is 1440. The van der Waals surface area contributed by atoms with E-state index in [1.807, 2.05) is 0 Å². The molecule has 2 aliphatic heterocycles. The second-order valence-corrected chi connectivity index (χ2v) is 12.4. The minimum Gasteiger partial charge on any atom is -0.360 e. The van der Waals surface area contributed by atoms with E-state index < -0.39 is 0 Å². The highest BCUT2D eigenvalue weighted by atomic mass is 79.9. The third-order valence-corrected chi connectivity index (χ3v) is 8.93. The van der Waals surface area contributed by atoms with E-state index in [1.165, 1.54) is 44.8 Å². The second-order valence-electron chi connectivity index (χ2n) is 10.6. The van der Waals surface area contributed by atoms with Crippen LogP contribution in [0.4, 0.5) is 17.1 Å². The van der Waals surface area contributed by atoms with Crippen molar-refractivity contribution in [3.05, 3.63) is 110 Å². The van der Waals surface area contributed by atoms with Crippen LogP contribution in [0, 0.1) is 13.8 Å². The third kappa shape index (κ3) is 3.86. The van der Waals surface area contributed by atoms with Gasteiger partial charge in [-0.1, -0.05) is 56.1 Å². The molecule has 0 radical (unpaired) electrons. The molecule has 2 nitrogen and oxygen atoms in total. The van der Waals surface area contributed by atoms with Crippen LogP contribution in [0.3, 0.4) is 0 Å². The van der Waals surface area contributed by atoms with E-state index in [-0.39, 0.29) is 11.2 Å². The van der Waals surface area contributed by atoms with E-state index in [4.69, 9.17) is 4.74 Å². The molecule has 0 spiro atoms. The summed E-state index contributed by atoms with van der Waals surface area (Å²) >= 11 is 7.25. The predicted octanol–water partition coefficient (Wildman–Crippen LogP) is 10.2. The maximum Gasteiger partial charge on any atom is 0.0920 e. The Morgan fingerprint density at radius 3 is 1.72 bits per heavy atom. The van der Waals surface area contributed by atoms with Crippen molar-refractivity contribution in [1.82, 2.24) is 0 Å². The molecule has 2 bridgehead atoms. The van der Waals surface area contributed by atoms with Crippen molar-refractivity contribution < 1.29 is 4.74 Å². The number of hydrogen-bond donors (Lipinski definition) is 0. The van der Waals surface area contributed by atoms with Gasteiger partial charge in [-0.2, -0.15) is 0 Å². The standard InChI is InChI=1S/C32H29Br2NO/c1-20-17-24(33)8-13-29(20)35(30-14-9-25(34)18-21(30)2)26-10-5-22(6-11-26)23-7-12-27-28(19-23)32(4)16-15-31(27,3)36-32/h5-14,17-19H,15-16H2,1-4H3. The summed E-state index contributed by atoms with van der Waals surface area (Å²) in [6.45, 7) is 8.81. The number of hydrogen-bond acceptors (Lipinski definition) is 2. The zero-order valence-electron chi connectivity index (χ0n) is 21.0. The van der Waals surface area contributed by atoms with Gasteiger partial charge in [-0.3, -0.25) is 0 Å². The molecule has 4 aromatic rings. The highest BCUT2D eigenvalue weighted by Gasteiger charge is 2.54. The summed E-state index contributed by atoms with van der Waals surface area (Å²) < 4.78 is 8.66. The predicted molar refractivity (Wildman–Crippen MR) is 156 cm³/mol. The van der Waals surface area contributed by atoms with Crippen molar-refractivity contribution >= 4 is 48.9 Å². The maximum atomic E-state index is 6.48. The molecule has 2 aliphatic rings. The number of aryl methyl sites for hydroxylation is 2. The molecule has 6 rings (SSSR count). The van der Waals surface area contributed by atoms with Gasteiger partial charge in [0.05, 0.1) is 11.2 Å². The largest absolute Gasteiger partial charge is 0.360 e. The van der Waals surface area contributed by atoms with Gasteiger partial charge in [0, 0.05) is 26.0 Å². The number of halogens is 2. The van der Waals surface area contributed by atoms with Gasteiger partial charge in [0.2, 0.25) is 0 Å². The molecule has 2 atom stereocenters. The smallest absolute Gasteiger partial charge is 0.0920 e. The minimum atomic E-state index is -0.158. The van der Waals surface area contributed by atoms with E-state index in [0.29, 0.717) is 0 Å². The molecule has 1 saturated heterocycles. The Kier molecular flexibility index (Phi) is 5.71. The van der Waals surface area contributed by atoms with Gasteiger partial charge in [-0.15, -0.1) is 0 Å². The van der Waals surface area contributed by atoms with Crippen LogP contribution in [0.1, 0.15) is 48.9 Å². The van der Waals surface area contributed by atoms with Gasteiger partial charge >= 0.3 is 0 Å². The van der Waals surface area contributed by atoms with E-state index in [9.17, 15) is 0 Å². The molecular formula is C32H29Br2NO. The number of nitrogens with zero attached hydrogens (tertiary/aromatic N) is 1. The minimum absolute atomic E-state index is 0.127. The monoisotopic (exact) mass is 601 g/mol. The lowest BCUT2D eigenvalue weighted by atomic mass is 9.77. The fourth-order valence-electron chi connectivity index (χ4n) is 6.03. The Labute approximate surface area is 230 Å². The van der Waals surface area contributed by atoms with Crippen LogP contribution < -0.4 is 4.90 Å². The Balaban J connectivity index is 1.42. The van der Waals surface area contributed by atoms with Crippen LogP contribution in [-0.4, -0.2) is 0 Å². The Hall–Kier alpha value is -2.40. The summed E-state index contributed by atoms with van der Waals surface area (Å²) in [6.07, 6.45) is 2.19. The summed E-state index contributed by atoms with van der Waals surface area (Å²) in [5.41, 5.74) is 10.8. The lowest BCUT2D eigenvalue weighted by Crippen LogP contribution is -2.17. The highest BCUT2D eigenvalue weighted by Crippen LogP contribution is 2.58. The topological polar surface area (TPSA) is 12.5 Å². The molecule has 4 aromatic carbocycles. The van der Waals surface area contributed by atoms with Gasteiger partial charge in [0.25, 0.3) is 0 Å². The van der Waals surface area contributed by atoms with Crippen molar-refractivity contribution in [2.75, 3.05) is 4.90 Å². The molecule has 0 saturated carbocycles. The first-order valence-corrected chi connectivity index (χ1v) is 14.0. The van der Waals surface area contributed by atoms with Crippen molar-refractivity contribution in [2.24, 2.45) is 0 Å². The summed E-state index contributed by atoms with van der Waals surface area (Å²) in [4.78, 5) is 2.35. The number of ether oxygens (including phenoxy) is 1. The molecular weight excluding hydrogens is 574 g/mol. The first-order chi connectivity index (χ1) is 17.2. The van der Waals surface area contributed by atoms with E-state index in [0.717, 1.165) is 27.5 Å². The number of benzene rings is 4. The SMILES string of the molecule is Cc1cc(Br)ccc1N(c1ccc(-c2ccc3c(c2)C2(C)CCC3(C)O2)cc1)c1ccc(Br)cc1C. The van der Waals surface area contributed by atoms with Crippen molar-refractivity contribution in [1.29, 1.82) is 0 Å². The summed E-state index contributed by atoms with van der Waals surface area (Å²) in [6, 6.07) is 28.8. The molecule has 0 amide bonds. The van der Waals surface area contributed by atoms with E-state index in [1.54, 1.807) is 0 Å². The van der Waals surface area contributed by atoms with Crippen LogP contribution in [-0.2, 0) is 15.9 Å². The van der Waals surface area contributed by atoms with Crippen molar-refractivity contribution in [2.45, 2.75) is 51.7 Å². The lowest BCUT2D eigenvalue weighted by molar-refractivity contribution is -0.0662. The molecule has 0 N–H and O–H groups in total. The summed E-state index contributed by atoms with van der Waals surface area (Å²) in [7, 11) is 0. The molecule has 182 valence electrons. The quantitative estimate of drug-likeness (QED) is 0.230. The van der Waals surface area contributed by atoms with Gasteiger partial charge < -0.3 is 9.64 Å². The fourth-order valence-corrected chi connectivity index (χ4v) is 6.98. The normalized spacial score (nSPS) is 22.1. The van der Waals surface area contributed by atoms with Crippen LogP contribution in [0.15, 0.2) is 87.8 Å². The molecule has 36 heavy (non-hydrogen) atoms. The zero-order chi connectivity index (χ0) is 25.2. The second kappa shape index (κ2) is 8.58.